The fourth-order valence-electron chi connectivity index (χ4n) is 2.17. The van der Waals surface area contributed by atoms with Gasteiger partial charge in [-0.2, -0.15) is 5.10 Å². The molecule has 10 heteroatoms. The Kier molecular flexibility index (Phi) is 6.01. The third-order valence-corrected chi connectivity index (χ3v) is 3.68. The van der Waals surface area contributed by atoms with Crippen LogP contribution in [0.4, 0.5) is 11.4 Å². The zero-order valence-corrected chi connectivity index (χ0v) is 13.9. The van der Waals surface area contributed by atoms with Gasteiger partial charge in [-0.15, -0.1) is 0 Å². The molecule has 1 aromatic heterocycles. The summed E-state index contributed by atoms with van der Waals surface area (Å²) in [6.07, 6.45) is 0.184. The number of aromatic nitrogens is 3. The van der Waals surface area contributed by atoms with Crippen molar-refractivity contribution in [3.63, 3.8) is 0 Å². The minimum absolute atomic E-state index is 0.0172. The maximum absolute atomic E-state index is 11.9. The quantitative estimate of drug-likeness (QED) is 0.381. The van der Waals surface area contributed by atoms with Crippen LogP contribution in [0.2, 0.25) is 0 Å². The molecule has 0 spiro atoms. The molecule has 0 saturated heterocycles. The van der Waals surface area contributed by atoms with Gasteiger partial charge >= 0.3 is 0 Å². The van der Waals surface area contributed by atoms with E-state index in [4.69, 9.17) is 12.2 Å². The second-order valence-electron chi connectivity index (χ2n) is 4.92. The summed E-state index contributed by atoms with van der Waals surface area (Å²) in [6.45, 7) is 3.16. The Hall–Kier alpha value is -2.75. The fraction of sp³-hybridized carbons (Fsp3) is 0.357. The molecule has 0 radical (unpaired) electrons. The van der Waals surface area contributed by atoms with E-state index in [-0.39, 0.29) is 31.1 Å². The minimum atomic E-state index is -0.462. The van der Waals surface area contributed by atoms with E-state index in [2.05, 4.69) is 20.8 Å². The number of carbonyl (C=O) groups is 1. The first-order valence-electron chi connectivity index (χ1n) is 7.41. The number of aromatic amines is 1. The summed E-state index contributed by atoms with van der Waals surface area (Å²) in [5.74, 6) is 0.472. The third-order valence-electron chi connectivity index (χ3n) is 3.37. The van der Waals surface area contributed by atoms with Gasteiger partial charge in [-0.1, -0.05) is 12.1 Å². The van der Waals surface area contributed by atoms with Crippen LogP contribution < -0.4 is 10.6 Å². The molecule has 128 valence electrons. The van der Waals surface area contributed by atoms with E-state index in [1.165, 1.54) is 6.07 Å². The molecule has 0 atom stereocenters. The fourth-order valence-corrected chi connectivity index (χ4v) is 2.45. The number of amides is 1. The van der Waals surface area contributed by atoms with Gasteiger partial charge in [0.25, 0.3) is 5.69 Å². The number of nitro benzene ring substituents is 1. The van der Waals surface area contributed by atoms with Crippen molar-refractivity contribution in [1.82, 2.24) is 20.1 Å². The van der Waals surface area contributed by atoms with E-state index >= 15 is 0 Å². The molecule has 0 aliphatic carbocycles. The van der Waals surface area contributed by atoms with Gasteiger partial charge in [-0.3, -0.25) is 20.0 Å². The van der Waals surface area contributed by atoms with Crippen molar-refractivity contribution in [2.24, 2.45) is 0 Å². The van der Waals surface area contributed by atoms with Crippen LogP contribution in [0.25, 0.3) is 0 Å². The molecule has 9 nitrogen and oxygen atoms in total. The molecule has 1 aromatic carbocycles. The summed E-state index contributed by atoms with van der Waals surface area (Å²) in [5, 5.41) is 23.3. The van der Waals surface area contributed by atoms with E-state index in [1.54, 1.807) is 22.8 Å². The highest BCUT2D eigenvalue weighted by Gasteiger charge is 2.12. The summed E-state index contributed by atoms with van der Waals surface area (Å²) in [4.78, 5) is 22.3. The molecule has 2 aromatic rings. The lowest BCUT2D eigenvalue weighted by Crippen LogP contribution is -2.26. The average Bonchev–Trinajstić information content (AvgIpc) is 2.93. The monoisotopic (exact) mass is 350 g/mol. The normalized spacial score (nSPS) is 10.4. The summed E-state index contributed by atoms with van der Waals surface area (Å²) in [6, 6.07) is 6.31. The first kappa shape index (κ1) is 17.6. The number of H-pyrrole nitrogens is 1. The highest BCUT2D eigenvalue weighted by Crippen LogP contribution is 2.22. The number of carbonyl (C=O) groups excluding carboxylic acids is 1. The molecule has 1 heterocycles. The number of rotatable bonds is 8. The molecule has 1 amide bonds. The number of nitro groups is 1. The Bertz CT molecular complexity index is 785. The Morgan fingerprint density at radius 2 is 2.21 bits per heavy atom. The molecule has 0 bridgehead atoms. The first-order chi connectivity index (χ1) is 11.5. The van der Waals surface area contributed by atoms with Crippen LogP contribution in [0.3, 0.4) is 0 Å². The highest BCUT2D eigenvalue weighted by atomic mass is 32.1. The molecule has 0 aliphatic heterocycles. The van der Waals surface area contributed by atoms with Gasteiger partial charge in [0.1, 0.15) is 5.69 Å². The van der Waals surface area contributed by atoms with Gasteiger partial charge in [-0.25, -0.2) is 0 Å². The lowest BCUT2D eigenvalue weighted by atomic mass is 10.2. The van der Waals surface area contributed by atoms with Crippen molar-refractivity contribution < 1.29 is 9.72 Å². The molecule has 24 heavy (non-hydrogen) atoms. The largest absolute Gasteiger partial charge is 0.379 e. The Morgan fingerprint density at radius 1 is 1.46 bits per heavy atom. The van der Waals surface area contributed by atoms with Gasteiger partial charge in [0.15, 0.2) is 10.6 Å². The van der Waals surface area contributed by atoms with Gasteiger partial charge in [-0.05, 0) is 25.2 Å². The summed E-state index contributed by atoms with van der Waals surface area (Å²) in [7, 11) is 0. The van der Waals surface area contributed by atoms with Gasteiger partial charge in [0.05, 0.1) is 11.5 Å². The van der Waals surface area contributed by atoms with Crippen LogP contribution in [0.15, 0.2) is 24.3 Å². The Labute approximate surface area is 143 Å². The van der Waals surface area contributed by atoms with Crippen LogP contribution in [0, 0.1) is 14.9 Å². The van der Waals surface area contributed by atoms with Crippen molar-refractivity contribution in [1.29, 1.82) is 0 Å². The van der Waals surface area contributed by atoms with Gasteiger partial charge in [0, 0.05) is 25.6 Å². The number of benzene rings is 1. The van der Waals surface area contributed by atoms with Gasteiger partial charge < -0.3 is 15.2 Å². The molecular formula is C14H18N6O3S. The van der Waals surface area contributed by atoms with Crippen molar-refractivity contribution in [3.05, 3.63) is 45.0 Å². The summed E-state index contributed by atoms with van der Waals surface area (Å²) >= 11 is 5.08. The predicted molar refractivity (Wildman–Crippen MR) is 91.1 cm³/mol. The molecule has 2 rings (SSSR count). The molecule has 0 aliphatic rings. The smallest absolute Gasteiger partial charge is 0.292 e. The van der Waals surface area contributed by atoms with E-state index in [0.717, 1.165) is 0 Å². The van der Waals surface area contributed by atoms with E-state index in [0.29, 0.717) is 22.8 Å². The SMILES string of the molecule is CCn1c(CNC(=O)CCNc2ccccc2[N+](=O)[O-])n[nH]c1=S. The molecule has 0 fully saturated rings. The lowest BCUT2D eigenvalue weighted by Gasteiger charge is -2.08. The molecule has 3 N–H and O–H groups in total. The Balaban J connectivity index is 1.82. The summed E-state index contributed by atoms with van der Waals surface area (Å²) < 4.78 is 2.31. The second kappa shape index (κ2) is 8.20. The van der Waals surface area contributed by atoms with E-state index in [9.17, 15) is 14.9 Å². The lowest BCUT2D eigenvalue weighted by molar-refractivity contribution is -0.384. The highest BCUT2D eigenvalue weighted by molar-refractivity contribution is 7.71. The number of anilines is 1. The van der Waals surface area contributed by atoms with E-state index in [1.807, 2.05) is 6.92 Å². The predicted octanol–water partition coefficient (Wildman–Crippen LogP) is 1.99. The number of nitrogens with zero attached hydrogens (tertiary/aromatic N) is 3. The number of hydrogen-bond acceptors (Lipinski definition) is 6. The van der Waals surface area contributed by atoms with Gasteiger partial charge in [0.2, 0.25) is 5.91 Å². The molecule has 0 unspecified atom stereocenters. The second-order valence-corrected chi connectivity index (χ2v) is 5.30. The molecule has 0 saturated carbocycles. The van der Waals surface area contributed by atoms with Crippen molar-refractivity contribution in [2.45, 2.75) is 26.4 Å². The van der Waals surface area contributed by atoms with Crippen LogP contribution in [-0.2, 0) is 17.9 Å². The van der Waals surface area contributed by atoms with Crippen LogP contribution in [0.5, 0.6) is 0 Å². The van der Waals surface area contributed by atoms with Crippen molar-refractivity contribution in [3.8, 4) is 0 Å². The van der Waals surface area contributed by atoms with Crippen LogP contribution >= 0.6 is 12.2 Å². The number of para-hydroxylation sites is 2. The number of nitrogens with one attached hydrogen (secondary N) is 3. The van der Waals surface area contributed by atoms with Crippen LogP contribution in [-0.4, -0.2) is 32.1 Å². The Morgan fingerprint density at radius 3 is 2.92 bits per heavy atom. The zero-order chi connectivity index (χ0) is 17.5. The maximum atomic E-state index is 11.9. The zero-order valence-electron chi connectivity index (χ0n) is 13.1. The van der Waals surface area contributed by atoms with Crippen molar-refractivity contribution in [2.75, 3.05) is 11.9 Å². The molecular weight excluding hydrogens is 332 g/mol. The van der Waals surface area contributed by atoms with E-state index < -0.39 is 4.92 Å². The first-order valence-corrected chi connectivity index (χ1v) is 7.81. The van der Waals surface area contributed by atoms with Crippen LogP contribution in [0.1, 0.15) is 19.2 Å². The third kappa shape index (κ3) is 4.38. The average molecular weight is 350 g/mol. The standard InChI is InChI=1S/C14H18N6O3S/c1-2-19-12(17-18-14(19)24)9-16-13(21)7-8-15-10-5-3-4-6-11(10)20(22)23/h3-6,15H,2,7-9H2,1H3,(H,16,21)(H,18,24). The van der Waals surface area contributed by atoms with Crippen molar-refractivity contribution >= 4 is 29.5 Å². The topological polar surface area (TPSA) is 118 Å². The minimum Gasteiger partial charge on any atom is -0.379 e. The maximum Gasteiger partial charge on any atom is 0.292 e. The summed E-state index contributed by atoms with van der Waals surface area (Å²) in [5.41, 5.74) is 0.374. The number of hydrogen-bond donors (Lipinski definition) is 3.